The Morgan fingerprint density at radius 2 is 2.16 bits per heavy atom. The first-order valence-corrected chi connectivity index (χ1v) is 6.04. The first kappa shape index (κ1) is 13.4. The van der Waals surface area contributed by atoms with Crippen LogP contribution in [-0.2, 0) is 6.42 Å². The van der Waals surface area contributed by atoms with Crippen molar-refractivity contribution >= 4 is 17.7 Å². The van der Waals surface area contributed by atoms with Gasteiger partial charge in [-0.3, -0.25) is 4.90 Å². The Hall–Kier alpha value is -2.08. The molecule has 2 amide bonds. The fourth-order valence-corrected chi connectivity index (χ4v) is 2.19. The number of aromatic carboxylic acids is 1. The number of carboxylic acid groups (broad SMARTS) is 1. The van der Waals surface area contributed by atoms with E-state index in [1.807, 2.05) is 0 Å². The van der Waals surface area contributed by atoms with Gasteiger partial charge in [-0.2, -0.15) is 0 Å². The summed E-state index contributed by atoms with van der Waals surface area (Å²) < 4.78 is 0. The van der Waals surface area contributed by atoms with Crippen molar-refractivity contribution in [3.63, 3.8) is 0 Å². The third kappa shape index (κ3) is 2.53. The molecule has 102 valence electrons. The monoisotopic (exact) mass is 264 g/mol. The predicted octanol–water partition coefficient (Wildman–Crippen LogP) is 0.791. The molecule has 1 aromatic rings. The second-order valence-electron chi connectivity index (χ2n) is 4.48. The predicted molar refractivity (Wildman–Crippen MR) is 69.6 cm³/mol. The second kappa shape index (κ2) is 5.27. The molecule has 0 unspecified atom stereocenters. The largest absolute Gasteiger partial charge is 0.478 e. The number of hydrogen-bond donors (Lipinski definition) is 2. The molecule has 1 aliphatic rings. The van der Waals surface area contributed by atoms with Gasteiger partial charge in [0.15, 0.2) is 0 Å². The summed E-state index contributed by atoms with van der Waals surface area (Å²) in [5, 5.41) is 17.8. The lowest BCUT2D eigenvalue weighted by molar-refractivity contribution is 0.0697. The minimum absolute atomic E-state index is 0.0825. The van der Waals surface area contributed by atoms with Crippen LogP contribution in [-0.4, -0.2) is 53.9 Å². The summed E-state index contributed by atoms with van der Waals surface area (Å²) in [4.78, 5) is 26.1. The number of likely N-dealkylation sites (N-methyl/N-ethyl adjacent to an activating group) is 1. The molecule has 1 aliphatic heterocycles. The Bertz CT molecular complexity index is 515. The van der Waals surface area contributed by atoms with Crippen LogP contribution < -0.4 is 4.90 Å². The fourth-order valence-electron chi connectivity index (χ4n) is 2.19. The molecule has 19 heavy (non-hydrogen) atoms. The number of hydrogen-bond acceptors (Lipinski definition) is 3. The van der Waals surface area contributed by atoms with Gasteiger partial charge in [0.25, 0.3) is 0 Å². The van der Waals surface area contributed by atoms with Crippen molar-refractivity contribution in [3.8, 4) is 0 Å². The number of nitrogens with zero attached hydrogens (tertiary/aromatic N) is 2. The molecule has 0 atom stereocenters. The van der Waals surface area contributed by atoms with E-state index in [0.29, 0.717) is 13.0 Å². The number of carboxylic acids is 1. The Kier molecular flexibility index (Phi) is 3.71. The van der Waals surface area contributed by atoms with Gasteiger partial charge in [-0.05, 0) is 30.2 Å². The van der Waals surface area contributed by atoms with Gasteiger partial charge in [0, 0.05) is 25.8 Å². The maximum atomic E-state index is 12.1. The molecule has 6 nitrogen and oxygen atoms in total. The number of fused-ring (bicyclic) bond motifs is 1. The number of rotatable bonds is 3. The summed E-state index contributed by atoms with van der Waals surface area (Å²) >= 11 is 0. The van der Waals surface area contributed by atoms with E-state index in [4.69, 9.17) is 10.2 Å². The van der Waals surface area contributed by atoms with E-state index < -0.39 is 5.97 Å². The van der Waals surface area contributed by atoms with Gasteiger partial charge in [0.2, 0.25) is 0 Å². The summed E-state index contributed by atoms with van der Waals surface area (Å²) in [6.45, 7) is 0.728. The smallest absolute Gasteiger partial charge is 0.335 e. The topological polar surface area (TPSA) is 81.1 Å². The van der Waals surface area contributed by atoms with Gasteiger partial charge in [-0.1, -0.05) is 0 Å². The van der Waals surface area contributed by atoms with E-state index in [1.54, 1.807) is 24.1 Å². The van der Waals surface area contributed by atoms with Gasteiger partial charge >= 0.3 is 12.0 Å². The Morgan fingerprint density at radius 1 is 1.42 bits per heavy atom. The fraction of sp³-hybridized carbons (Fsp3) is 0.385. The van der Waals surface area contributed by atoms with E-state index in [1.165, 1.54) is 11.0 Å². The molecule has 6 heteroatoms. The molecule has 0 bridgehead atoms. The maximum absolute atomic E-state index is 12.1. The average Bonchev–Trinajstić information content (AvgIpc) is 2.80. The Labute approximate surface area is 110 Å². The normalized spacial score (nSPS) is 13.3. The molecule has 0 saturated carbocycles. The summed E-state index contributed by atoms with van der Waals surface area (Å²) in [7, 11) is 1.63. The lowest BCUT2D eigenvalue weighted by Gasteiger charge is -2.24. The highest BCUT2D eigenvalue weighted by atomic mass is 16.4. The van der Waals surface area contributed by atoms with Crippen LogP contribution in [0.5, 0.6) is 0 Å². The van der Waals surface area contributed by atoms with E-state index in [0.717, 1.165) is 11.3 Å². The molecule has 1 aromatic carbocycles. The van der Waals surface area contributed by atoms with Crippen LogP contribution in [0.4, 0.5) is 10.5 Å². The first-order valence-electron chi connectivity index (χ1n) is 6.04. The van der Waals surface area contributed by atoms with Crippen LogP contribution >= 0.6 is 0 Å². The molecule has 0 radical (unpaired) electrons. The van der Waals surface area contributed by atoms with E-state index in [9.17, 15) is 9.59 Å². The molecule has 0 aromatic heterocycles. The summed E-state index contributed by atoms with van der Waals surface area (Å²) in [6, 6.07) is 4.59. The number of aliphatic hydroxyl groups excluding tert-OH is 1. The highest BCUT2D eigenvalue weighted by Crippen LogP contribution is 2.29. The highest BCUT2D eigenvalue weighted by molar-refractivity contribution is 5.95. The zero-order valence-electron chi connectivity index (χ0n) is 10.7. The van der Waals surface area contributed by atoms with Crippen molar-refractivity contribution in [1.82, 2.24) is 4.90 Å². The van der Waals surface area contributed by atoms with Crippen LogP contribution in [0, 0.1) is 0 Å². The van der Waals surface area contributed by atoms with Crippen molar-refractivity contribution in [2.75, 3.05) is 31.6 Å². The Balaban J connectivity index is 2.23. The molecule has 1 heterocycles. The Morgan fingerprint density at radius 3 is 2.79 bits per heavy atom. The molecular formula is C13H16N2O4. The molecule has 0 aliphatic carbocycles. The molecule has 0 spiro atoms. The van der Waals surface area contributed by atoms with Gasteiger partial charge in [0.05, 0.1) is 12.2 Å². The third-order valence-electron chi connectivity index (χ3n) is 3.21. The summed E-state index contributed by atoms with van der Waals surface area (Å²) in [5.74, 6) is -0.968. The van der Waals surface area contributed by atoms with Crippen molar-refractivity contribution < 1.29 is 19.8 Å². The van der Waals surface area contributed by atoms with Crippen LogP contribution in [0.3, 0.4) is 0 Å². The van der Waals surface area contributed by atoms with E-state index >= 15 is 0 Å². The van der Waals surface area contributed by atoms with Crippen LogP contribution in [0.1, 0.15) is 15.9 Å². The zero-order valence-corrected chi connectivity index (χ0v) is 10.7. The second-order valence-corrected chi connectivity index (χ2v) is 4.48. The first-order chi connectivity index (χ1) is 9.04. The van der Waals surface area contributed by atoms with Crippen LogP contribution in [0.25, 0.3) is 0 Å². The molecule has 2 rings (SSSR count). The minimum Gasteiger partial charge on any atom is -0.478 e. The average molecular weight is 264 g/mol. The maximum Gasteiger partial charge on any atom is 0.335 e. The quantitative estimate of drug-likeness (QED) is 0.845. The third-order valence-corrected chi connectivity index (χ3v) is 3.21. The SMILES string of the molecule is CN(CCO)C(=O)N1CCc2cc(C(=O)O)ccc21. The standard InChI is InChI=1S/C13H16N2O4/c1-14(6-7-16)13(19)15-5-4-9-8-10(12(17)18)2-3-11(9)15/h2-3,8,16H,4-7H2,1H3,(H,17,18). The minimum atomic E-state index is -0.968. The van der Waals surface area contributed by atoms with Crippen molar-refractivity contribution in [3.05, 3.63) is 29.3 Å². The summed E-state index contributed by atoms with van der Waals surface area (Å²) in [5.41, 5.74) is 1.85. The van der Waals surface area contributed by atoms with Crippen LogP contribution in [0.2, 0.25) is 0 Å². The van der Waals surface area contributed by atoms with Gasteiger partial charge < -0.3 is 15.1 Å². The van der Waals surface area contributed by atoms with Gasteiger partial charge in [-0.15, -0.1) is 0 Å². The number of anilines is 1. The van der Waals surface area contributed by atoms with E-state index in [2.05, 4.69) is 0 Å². The number of aliphatic hydroxyl groups is 1. The van der Waals surface area contributed by atoms with Crippen molar-refractivity contribution in [1.29, 1.82) is 0 Å². The molecule has 2 N–H and O–H groups in total. The summed E-state index contributed by atoms with van der Waals surface area (Å²) in [6.07, 6.45) is 0.648. The van der Waals surface area contributed by atoms with Crippen molar-refractivity contribution in [2.24, 2.45) is 0 Å². The van der Waals surface area contributed by atoms with Crippen molar-refractivity contribution in [2.45, 2.75) is 6.42 Å². The zero-order chi connectivity index (χ0) is 14.0. The molecular weight excluding hydrogens is 248 g/mol. The molecule has 0 fully saturated rings. The van der Waals surface area contributed by atoms with Gasteiger partial charge in [-0.25, -0.2) is 9.59 Å². The lowest BCUT2D eigenvalue weighted by atomic mass is 10.1. The molecule has 0 saturated heterocycles. The van der Waals surface area contributed by atoms with Crippen LogP contribution in [0.15, 0.2) is 18.2 Å². The van der Waals surface area contributed by atoms with Gasteiger partial charge in [0.1, 0.15) is 0 Å². The number of carbonyl (C=O) groups is 2. The number of amides is 2. The number of carbonyl (C=O) groups excluding carboxylic acids is 1. The lowest BCUT2D eigenvalue weighted by Crippen LogP contribution is -2.41. The van der Waals surface area contributed by atoms with E-state index in [-0.39, 0.29) is 24.7 Å². The number of urea groups is 1. The highest BCUT2D eigenvalue weighted by Gasteiger charge is 2.27. The number of benzene rings is 1.